The molecule has 3 rings (SSSR count). The van der Waals surface area contributed by atoms with Gasteiger partial charge in [-0.2, -0.15) is 5.10 Å². The number of anilines is 1. The van der Waals surface area contributed by atoms with Crippen molar-refractivity contribution in [3.8, 4) is 0 Å². The number of carbonyl (C=O) groups is 2. The molecule has 27 heavy (non-hydrogen) atoms. The molecule has 2 aliphatic heterocycles. The molecule has 7 nitrogen and oxygen atoms in total. The summed E-state index contributed by atoms with van der Waals surface area (Å²) in [6.07, 6.45) is 0.771. The van der Waals surface area contributed by atoms with E-state index in [0.29, 0.717) is 12.1 Å². The fraction of sp³-hybridized carbons (Fsp3) is 0.526. The first-order chi connectivity index (χ1) is 12.5. The molecular formula is C19H25N3O4S. The molecular weight excluding hydrogens is 366 g/mol. The van der Waals surface area contributed by atoms with Gasteiger partial charge in [0.05, 0.1) is 17.5 Å². The largest absolute Gasteiger partial charge is 0.321 e. The molecule has 1 fully saturated rings. The highest BCUT2D eigenvalue weighted by molar-refractivity contribution is 7.91. The summed E-state index contributed by atoms with van der Waals surface area (Å²) in [5.41, 5.74) is 2.09. The lowest BCUT2D eigenvalue weighted by molar-refractivity contribution is -0.133. The zero-order valence-electron chi connectivity index (χ0n) is 15.9. The Hall–Kier alpha value is -2.22. The Morgan fingerprint density at radius 1 is 1.19 bits per heavy atom. The van der Waals surface area contributed by atoms with Crippen LogP contribution in [0.4, 0.5) is 5.69 Å². The van der Waals surface area contributed by atoms with Gasteiger partial charge in [-0.15, -0.1) is 0 Å². The number of hydrazone groups is 1. The van der Waals surface area contributed by atoms with Gasteiger partial charge in [0.1, 0.15) is 5.71 Å². The maximum atomic E-state index is 12.5. The SMILES string of the molecule is CC(C)(C)c1ccc(NC(=O)C2=NN([C@H]3CCS(=O)(=O)C3)C(=O)CC2)cc1. The van der Waals surface area contributed by atoms with Gasteiger partial charge in [-0.05, 0) is 29.5 Å². The molecule has 0 spiro atoms. The predicted molar refractivity (Wildman–Crippen MR) is 104 cm³/mol. The molecule has 2 amide bonds. The van der Waals surface area contributed by atoms with Gasteiger partial charge >= 0.3 is 0 Å². The van der Waals surface area contributed by atoms with Crippen LogP contribution in [0.3, 0.4) is 0 Å². The van der Waals surface area contributed by atoms with Crippen molar-refractivity contribution in [1.82, 2.24) is 5.01 Å². The number of amides is 2. The summed E-state index contributed by atoms with van der Waals surface area (Å²) in [5, 5.41) is 8.19. The van der Waals surface area contributed by atoms with E-state index in [1.54, 1.807) is 0 Å². The van der Waals surface area contributed by atoms with Gasteiger partial charge in [-0.25, -0.2) is 13.4 Å². The molecule has 1 atom stereocenters. The molecule has 0 saturated carbocycles. The number of hydrogen-bond acceptors (Lipinski definition) is 5. The summed E-state index contributed by atoms with van der Waals surface area (Å²) in [6.45, 7) is 6.35. The zero-order valence-corrected chi connectivity index (χ0v) is 16.7. The maximum Gasteiger partial charge on any atom is 0.271 e. The van der Waals surface area contributed by atoms with Crippen LogP contribution < -0.4 is 5.32 Å². The average molecular weight is 391 g/mol. The number of nitrogens with one attached hydrogen (secondary N) is 1. The van der Waals surface area contributed by atoms with Gasteiger partial charge in [-0.1, -0.05) is 32.9 Å². The fourth-order valence-electron chi connectivity index (χ4n) is 3.24. The van der Waals surface area contributed by atoms with Crippen molar-refractivity contribution in [1.29, 1.82) is 0 Å². The lowest BCUT2D eigenvalue weighted by atomic mass is 9.87. The van der Waals surface area contributed by atoms with Crippen molar-refractivity contribution in [3.63, 3.8) is 0 Å². The van der Waals surface area contributed by atoms with Crippen LogP contribution >= 0.6 is 0 Å². The molecule has 0 aliphatic carbocycles. The van der Waals surface area contributed by atoms with Crippen LogP contribution in [0, 0.1) is 0 Å². The third-order valence-corrected chi connectivity index (χ3v) is 6.64. The summed E-state index contributed by atoms with van der Waals surface area (Å²) >= 11 is 0. The van der Waals surface area contributed by atoms with Crippen LogP contribution in [-0.4, -0.2) is 48.5 Å². The molecule has 2 aliphatic rings. The van der Waals surface area contributed by atoms with E-state index in [9.17, 15) is 18.0 Å². The smallest absolute Gasteiger partial charge is 0.271 e. The summed E-state index contributed by atoms with van der Waals surface area (Å²) in [6, 6.07) is 7.15. The van der Waals surface area contributed by atoms with Gasteiger partial charge in [0.2, 0.25) is 5.91 Å². The molecule has 8 heteroatoms. The van der Waals surface area contributed by atoms with E-state index in [4.69, 9.17) is 0 Å². The van der Waals surface area contributed by atoms with Crippen molar-refractivity contribution >= 4 is 33.1 Å². The van der Waals surface area contributed by atoms with E-state index in [1.807, 2.05) is 24.3 Å². The van der Waals surface area contributed by atoms with Gasteiger partial charge in [0, 0.05) is 18.5 Å². The number of benzene rings is 1. The Kier molecular flexibility index (Phi) is 5.12. The number of hydrogen-bond donors (Lipinski definition) is 1. The highest BCUT2D eigenvalue weighted by atomic mass is 32.2. The second-order valence-corrected chi connectivity index (χ2v) is 10.4. The van der Waals surface area contributed by atoms with E-state index >= 15 is 0 Å². The fourth-order valence-corrected chi connectivity index (χ4v) is 4.94. The van der Waals surface area contributed by atoms with Gasteiger partial charge in [0.15, 0.2) is 9.84 Å². The van der Waals surface area contributed by atoms with Crippen LogP contribution in [0.2, 0.25) is 0 Å². The van der Waals surface area contributed by atoms with Crippen molar-refractivity contribution in [2.75, 3.05) is 16.8 Å². The van der Waals surface area contributed by atoms with E-state index in [-0.39, 0.29) is 47.3 Å². The van der Waals surface area contributed by atoms with Crippen molar-refractivity contribution in [3.05, 3.63) is 29.8 Å². The maximum absolute atomic E-state index is 12.5. The minimum absolute atomic E-state index is 0.0263. The third-order valence-electron chi connectivity index (χ3n) is 4.88. The summed E-state index contributed by atoms with van der Waals surface area (Å²) in [7, 11) is -3.13. The molecule has 0 radical (unpaired) electrons. The Balaban J connectivity index is 1.72. The normalized spacial score (nSPS) is 22.5. The Labute approximate surface area is 159 Å². The molecule has 0 bridgehead atoms. The number of sulfone groups is 1. The molecule has 146 valence electrons. The van der Waals surface area contributed by atoms with E-state index in [2.05, 4.69) is 31.2 Å². The minimum Gasteiger partial charge on any atom is -0.321 e. The highest BCUT2D eigenvalue weighted by Gasteiger charge is 2.37. The lowest BCUT2D eigenvalue weighted by Gasteiger charge is -2.27. The number of carbonyl (C=O) groups excluding carboxylic acids is 2. The van der Waals surface area contributed by atoms with Crippen LogP contribution in [-0.2, 0) is 24.8 Å². The van der Waals surface area contributed by atoms with Gasteiger partial charge < -0.3 is 5.32 Å². The van der Waals surface area contributed by atoms with Crippen molar-refractivity contribution in [2.45, 2.75) is 51.5 Å². The molecule has 0 aromatic heterocycles. The topological polar surface area (TPSA) is 95.9 Å². The molecule has 2 heterocycles. The van der Waals surface area contributed by atoms with Gasteiger partial charge in [-0.3, -0.25) is 9.59 Å². The lowest BCUT2D eigenvalue weighted by Crippen LogP contribution is -2.42. The standard InChI is InChI=1S/C19H25N3O4S/c1-19(2,3)13-4-6-14(7-5-13)20-18(24)16-8-9-17(23)22(21-16)15-10-11-27(25,26)12-15/h4-7,15H,8-12H2,1-3H3,(H,20,24)/t15-/m0/s1. The van der Waals surface area contributed by atoms with Crippen LogP contribution in [0.1, 0.15) is 45.6 Å². The second kappa shape index (κ2) is 7.07. The average Bonchev–Trinajstić information content (AvgIpc) is 2.94. The third kappa shape index (κ3) is 4.55. The van der Waals surface area contributed by atoms with E-state index in [1.165, 1.54) is 5.01 Å². The molecule has 1 aromatic rings. The molecule has 1 aromatic carbocycles. The predicted octanol–water partition coefficient (Wildman–Crippen LogP) is 2.09. The summed E-state index contributed by atoms with van der Waals surface area (Å²) in [5.74, 6) is -0.635. The Morgan fingerprint density at radius 2 is 1.85 bits per heavy atom. The second-order valence-electron chi connectivity index (χ2n) is 8.12. The van der Waals surface area contributed by atoms with E-state index in [0.717, 1.165) is 5.56 Å². The first-order valence-corrected chi connectivity index (χ1v) is 10.9. The summed E-state index contributed by atoms with van der Waals surface area (Å²) in [4.78, 5) is 24.7. The summed E-state index contributed by atoms with van der Waals surface area (Å²) < 4.78 is 23.4. The van der Waals surface area contributed by atoms with Crippen molar-refractivity contribution in [2.24, 2.45) is 5.10 Å². The van der Waals surface area contributed by atoms with Crippen LogP contribution in [0.5, 0.6) is 0 Å². The van der Waals surface area contributed by atoms with Crippen molar-refractivity contribution < 1.29 is 18.0 Å². The quantitative estimate of drug-likeness (QED) is 0.853. The minimum atomic E-state index is -3.13. The Morgan fingerprint density at radius 3 is 2.41 bits per heavy atom. The number of nitrogens with zero attached hydrogens (tertiary/aromatic N) is 2. The highest BCUT2D eigenvalue weighted by Crippen LogP contribution is 2.24. The van der Waals surface area contributed by atoms with Crippen LogP contribution in [0.25, 0.3) is 0 Å². The number of rotatable bonds is 3. The van der Waals surface area contributed by atoms with Gasteiger partial charge in [0.25, 0.3) is 5.91 Å². The molecule has 1 N–H and O–H groups in total. The zero-order chi connectivity index (χ0) is 19.8. The monoisotopic (exact) mass is 391 g/mol. The first kappa shape index (κ1) is 19.5. The Bertz CT molecular complexity index is 883. The molecule has 1 saturated heterocycles. The first-order valence-electron chi connectivity index (χ1n) is 9.07. The molecule has 0 unspecified atom stereocenters. The van der Waals surface area contributed by atoms with Crippen LogP contribution in [0.15, 0.2) is 29.4 Å². The van der Waals surface area contributed by atoms with E-state index < -0.39 is 15.9 Å².